The summed E-state index contributed by atoms with van der Waals surface area (Å²) in [5, 5.41) is 3.08. The number of carbonyl (C=O) groups excluding carboxylic acids is 2. The number of hydrogen-bond donors (Lipinski definition) is 1. The highest BCUT2D eigenvalue weighted by Crippen LogP contribution is 2.17. The van der Waals surface area contributed by atoms with Gasteiger partial charge in [0.1, 0.15) is 17.4 Å². The van der Waals surface area contributed by atoms with Crippen LogP contribution in [-0.4, -0.2) is 35.1 Å². The van der Waals surface area contributed by atoms with E-state index in [0.717, 1.165) is 5.56 Å². The molecule has 36 heavy (non-hydrogen) atoms. The zero-order valence-corrected chi connectivity index (χ0v) is 19.6. The van der Waals surface area contributed by atoms with E-state index in [2.05, 4.69) is 10.3 Å². The number of rotatable bonds is 9. The van der Waals surface area contributed by atoms with E-state index in [4.69, 9.17) is 9.47 Å². The fourth-order valence-corrected chi connectivity index (χ4v) is 3.73. The van der Waals surface area contributed by atoms with Gasteiger partial charge in [-0.2, -0.15) is 0 Å². The van der Waals surface area contributed by atoms with Crippen molar-refractivity contribution >= 4 is 22.8 Å². The highest BCUT2D eigenvalue weighted by Gasteiger charge is 2.15. The third-order valence-electron chi connectivity index (χ3n) is 5.52. The van der Waals surface area contributed by atoms with Crippen molar-refractivity contribution in [3.8, 4) is 11.4 Å². The third-order valence-corrected chi connectivity index (χ3v) is 5.52. The number of benzene rings is 3. The minimum Gasteiger partial charge on any atom is -0.496 e. The van der Waals surface area contributed by atoms with E-state index in [9.17, 15) is 18.8 Å². The van der Waals surface area contributed by atoms with E-state index in [1.165, 1.54) is 28.8 Å². The maximum atomic E-state index is 13.4. The molecule has 1 amide bonds. The summed E-state index contributed by atoms with van der Waals surface area (Å²) >= 11 is 0. The number of para-hydroxylation sites is 2. The van der Waals surface area contributed by atoms with Gasteiger partial charge in [-0.05, 0) is 42.5 Å². The van der Waals surface area contributed by atoms with Gasteiger partial charge in [-0.1, -0.05) is 30.3 Å². The topological polar surface area (TPSA) is 99.5 Å². The Kier molecular flexibility index (Phi) is 7.69. The second kappa shape index (κ2) is 11.3. The van der Waals surface area contributed by atoms with Crippen LogP contribution in [0.5, 0.6) is 5.75 Å². The maximum Gasteiger partial charge on any atom is 0.306 e. The Balaban J connectivity index is 1.41. The number of fused-ring (bicyclic) bond motifs is 1. The van der Waals surface area contributed by atoms with Crippen LogP contribution in [0.4, 0.5) is 4.39 Å². The lowest BCUT2D eigenvalue weighted by atomic mass is 10.2. The van der Waals surface area contributed by atoms with Crippen LogP contribution in [-0.2, 0) is 27.3 Å². The fraction of sp³-hybridized carbons (Fsp3) is 0.185. The highest BCUT2D eigenvalue weighted by atomic mass is 19.1. The first-order chi connectivity index (χ1) is 17.5. The van der Waals surface area contributed by atoms with Gasteiger partial charge in [0.05, 0.1) is 30.1 Å². The third kappa shape index (κ3) is 5.75. The Morgan fingerprint density at radius 1 is 1.00 bits per heavy atom. The van der Waals surface area contributed by atoms with Crippen molar-refractivity contribution in [2.45, 2.75) is 19.4 Å². The molecule has 184 valence electrons. The summed E-state index contributed by atoms with van der Waals surface area (Å²) in [6, 6.07) is 19.6. The molecule has 0 unspecified atom stereocenters. The Hall–Kier alpha value is -4.53. The molecular formula is C27H24FN3O5. The Bertz CT molecular complexity index is 1450. The van der Waals surface area contributed by atoms with Gasteiger partial charge >= 0.3 is 5.97 Å². The van der Waals surface area contributed by atoms with Crippen molar-refractivity contribution in [1.82, 2.24) is 14.9 Å². The van der Waals surface area contributed by atoms with E-state index >= 15 is 0 Å². The smallest absolute Gasteiger partial charge is 0.306 e. The van der Waals surface area contributed by atoms with E-state index in [1.807, 2.05) is 18.2 Å². The van der Waals surface area contributed by atoms with Crippen molar-refractivity contribution in [2.24, 2.45) is 0 Å². The number of nitrogens with one attached hydrogen (secondary N) is 1. The molecule has 1 aromatic heterocycles. The molecule has 0 aliphatic rings. The molecule has 0 aliphatic carbocycles. The Morgan fingerprint density at radius 3 is 2.50 bits per heavy atom. The summed E-state index contributed by atoms with van der Waals surface area (Å²) in [7, 11) is 1.54. The second-order valence-electron chi connectivity index (χ2n) is 7.91. The van der Waals surface area contributed by atoms with Crippen molar-refractivity contribution in [3.63, 3.8) is 0 Å². The van der Waals surface area contributed by atoms with Crippen molar-refractivity contribution in [1.29, 1.82) is 0 Å². The van der Waals surface area contributed by atoms with Gasteiger partial charge in [0.25, 0.3) is 11.5 Å². The molecule has 0 atom stereocenters. The molecule has 1 N–H and O–H groups in total. The number of amides is 1. The van der Waals surface area contributed by atoms with Crippen LogP contribution in [0, 0.1) is 5.82 Å². The zero-order valence-electron chi connectivity index (χ0n) is 19.6. The SMILES string of the molecule is COc1ccccc1CNC(=O)COC(=O)CCc1nc2ccccc2c(=O)n1-c1ccc(F)cc1. The molecule has 0 aliphatic heterocycles. The second-order valence-corrected chi connectivity index (χ2v) is 7.91. The van der Waals surface area contributed by atoms with Crippen molar-refractivity contribution in [2.75, 3.05) is 13.7 Å². The standard InChI is InChI=1S/C27H24FN3O5/c1-35-23-9-5-2-6-18(23)16-29-25(32)17-36-26(33)15-14-24-30-22-8-4-3-7-21(22)27(34)31(24)20-12-10-19(28)11-13-20/h2-13H,14-17H2,1H3,(H,29,32). The molecule has 4 aromatic rings. The summed E-state index contributed by atoms with van der Waals surface area (Å²) in [6.45, 7) is -0.213. The minimum absolute atomic E-state index is 0.0825. The van der Waals surface area contributed by atoms with Crippen LogP contribution in [0.1, 0.15) is 17.8 Å². The highest BCUT2D eigenvalue weighted by molar-refractivity contribution is 5.81. The van der Waals surface area contributed by atoms with E-state index in [1.54, 1.807) is 37.4 Å². The minimum atomic E-state index is -0.615. The fourth-order valence-electron chi connectivity index (χ4n) is 3.73. The van der Waals surface area contributed by atoms with Crippen LogP contribution in [0.3, 0.4) is 0 Å². The number of hydrogen-bond acceptors (Lipinski definition) is 6. The van der Waals surface area contributed by atoms with E-state index in [0.29, 0.717) is 28.2 Å². The molecule has 0 saturated heterocycles. The number of carbonyl (C=O) groups is 2. The lowest BCUT2D eigenvalue weighted by Crippen LogP contribution is -2.29. The molecule has 8 nitrogen and oxygen atoms in total. The summed E-state index contributed by atoms with van der Waals surface area (Å²) < 4.78 is 25.2. The zero-order chi connectivity index (χ0) is 25.5. The summed E-state index contributed by atoms with van der Waals surface area (Å²) in [5.41, 5.74) is 1.38. The summed E-state index contributed by atoms with van der Waals surface area (Å²) in [6.07, 6.45) is -0.0229. The first-order valence-electron chi connectivity index (χ1n) is 11.3. The number of nitrogens with zero attached hydrogens (tertiary/aromatic N) is 2. The van der Waals surface area contributed by atoms with Crippen LogP contribution in [0.25, 0.3) is 16.6 Å². The monoisotopic (exact) mass is 489 g/mol. The number of esters is 1. The quantitative estimate of drug-likeness (QED) is 0.362. The van der Waals surface area contributed by atoms with Gasteiger partial charge in [-0.15, -0.1) is 0 Å². The van der Waals surface area contributed by atoms with Gasteiger partial charge in [0.2, 0.25) is 0 Å². The van der Waals surface area contributed by atoms with Crippen LogP contribution in [0.15, 0.2) is 77.6 Å². The normalized spacial score (nSPS) is 10.7. The van der Waals surface area contributed by atoms with Crippen molar-refractivity contribution in [3.05, 3.63) is 100 Å². The molecule has 0 spiro atoms. The van der Waals surface area contributed by atoms with E-state index in [-0.39, 0.29) is 24.9 Å². The number of ether oxygens (including phenoxy) is 2. The predicted molar refractivity (Wildman–Crippen MR) is 131 cm³/mol. The van der Waals surface area contributed by atoms with E-state index < -0.39 is 24.3 Å². The molecule has 0 radical (unpaired) electrons. The Labute approximate surface area is 206 Å². The van der Waals surface area contributed by atoms with Crippen LogP contribution < -0.4 is 15.6 Å². The van der Waals surface area contributed by atoms with Gasteiger partial charge in [0.15, 0.2) is 6.61 Å². The lowest BCUT2D eigenvalue weighted by Gasteiger charge is -2.14. The first-order valence-corrected chi connectivity index (χ1v) is 11.3. The largest absolute Gasteiger partial charge is 0.496 e. The van der Waals surface area contributed by atoms with Gasteiger partial charge in [0, 0.05) is 18.5 Å². The van der Waals surface area contributed by atoms with Crippen molar-refractivity contribution < 1.29 is 23.5 Å². The van der Waals surface area contributed by atoms with Gasteiger partial charge < -0.3 is 14.8 Å². The summed E-state index contributed by atoms with van der Waals surface area (Å²) in [4.78, 5) is 42.2. The first kappa shape index (κ1) is 24.6. The van der Waals surface area contributed by atoms with Gasteiger partial charge in [-0.3, -0.25) is 19.0 Å². The molecule has 0 bridgehead atoms. The molecule has 0 saturated carbocycles. The number of methoxy groups -OCH3 is 1. The average Bonchev–Trinajstić information content (AvgIpc) is 2.90. The lowest BCUT2D eigenvalue weighted by molar-refractivity contribution is -0.148. The Morgan fingerprint density at radius 2 is 1.72 bits per heavy atom. The van der Waals surface area contributed by atoms with Crippen LogP contribution in [0.2, 0.25) is 0 Å². The molecule has 3 aromatic carbocycles. The number of halogens is 1. The molecule has 1 heterocycles. The molecular weight excluding hydrogens is 465 g/mol. The number of aromatic nitrogens is 2. The summed E-state index contributed by atoms with van der Waals surface area (Å²) in [5.74, 6) is -0.542. The predicted octanol–water partition coefficient (Wildman–Crippen LogP) is 3.33. The average molecular weight is 490 g/mol. The molecule has 0 fully saturated rings. The maximum absolute atomic E-state index is 13.4. The molecule has 9 heteroatoms. The van der Waals surface area contributed by atoms with Gasteiger partial charge in [-0.25, -0.2) is 9.37 Å². The van der Waals surface area contributed by atoms with Crippen LogP contribution >= 0.6 is 0 Å². The molecule has 4 rings (SSSR count). The number of aryl methyl sites for hydroxylation is 1.